The average Bonchev–Trinajstić information content (AvgIpc) is 3.18. The van der Waals surface area contributed by atoms with E-state index in [-0.39, 0.29) is 18.0 Å². The molecule has 0 atom stereocenters. The molecule has 1 fully saturated rings. The lowest BCUT2D eigenvalue weighted by Crippen LogP contribution is -2.22. The molecule has 6 nitrogen and oxygen atoms in total. The van der Waals surface area contributed by atoms with Crippen molar-refractivity contribution in [3.8, 4) is 5.75 Å². The van der Waals surface area contributed by atoms with E-state index in [0.717, 1.165) is 5.56 Å². The molecule has 2 N–H and O–H groups in total. The van der Waals surface area contributed by atoms with Crippen LogP contribution in [0.2, 0.25) is 0 Å². The summed E-state index contributed by atoms with van der Waals surface area (Å²) in [6.07, 6.45) is 2.80. The highest BCUT2D eigenvalue weighted by Gasteiger charge is 2.21. The van der Waals surface area contributed by atoms with Crippen LogP contribution in [0.3, 0.4) is 0 Å². The van der Waals surface area contributed by atoms with Gasteiger partial charge in [0.1, 0.15) is 0 Å². The summed E-state index contributed by atoms with van der Waals surface area (Å²) < 4.78 is 5.51. The van der Waals surface area contributed by atoms with Crippen LogP contribution in [0, 0.1) is 10.1 Å². The molecular formula is C15H22N2O4. The molecule has 1 aliphatic carbocycles. The van der Waals surface area contributed by atoms with Crippen LogP contribution in [0.5, 0.6) is 5.75 Å². The Morgan fingerprint density at radius 3 is 2.76 bits per heavy atom. The molecule has 0 radical (unpaired) electrons. The first-order chi connectivity index (χ1) is 9.85. The van der Waals surface area contributed by atoms with Crippen molar-refractivity contribution in [1.29, 1.82) is 0 Å². The van der Waals surface area contributed by atoms with Gasteiger partial charge < -0.3 is 15.2 Å². The number of benzene rings is 1. The van der Waals surface area contributed by atoms with Gasteiger partial charge in [-0.25, -0.2) is 0 Å². The van der Waals surface area contributed by atoms with E-state index < -0.39 is 10.5 Å². The zero-order valence-corrected chi connectivity index (χ0v) is 12.5. The minimum Gasteiger partial charge on any atom is -0.487 e. The fraction of sp³-hybridized carbons (Fsp3) is 0.600. The highest BCUT2D eigenvalue weighted by Crippen LogP contribution is 2.29. The Labute approximate surface area is 124 Å². The third-order valence-corrected chi connectivity index (χ3v) is 3.36. The van der Waals surface area contributed by atoms with Gasteiger partial charge in [0, 0.05) is 25.1 Å². The van der Waals surface area contributed by atoms with Gasteiger partial charge in [-0.3, -0.25) is 10.1 Å². The monoisotopic (exact) mass is 294 g/mol. The number of aliphatic hydroxyl groups is 1. The van der Waals surface area contributed by atoms with Crippen LogP contribution < -0.4 is 10.1 Å². The molecule has 0 bridgehead atoms. The van der Waals surface area contributed by atoms with Gasteiger partial charge in [-0.15, -0.1) is 0 Å². The van der Waals surface area contributed by atoms with Gasteiger partial charge >= 0.3 is 5.69 Å². The minimum atomic E-state index is -0.847. The zero-order chi connectivity index (χ0) is 15.5. The molecule has 0 aromatic heterocycles. The van der Waals surface area contributed by atoms with Crippen LogP contribution in [0.4, 0.5) is 5.69 Å². The number of nitro benzene ring substituents is 1. The van der Waals surface area contributed by atoms with Crippen LogP contribution in [-0.4, -0.2) is 28.3 Å². The van der Waals surface area contributed by atoms with Gasteiger partial charge in [-0.2, -0.15) is 0 Å². The van der Waals surface area contributed by atoms with Crippen molar-refractivity contribution < 1.29 is 14.8 Å². The van der Waals surface area contributed by atoms with E-state index >= 15 is 0 Å². The van der Waals surface area contributed by atoms with Crippen LogP contribution in [-0.2, 0) is 6.54 Å². The molecule has 116 valence electrons. The summed E-state index contributed by atoms with van der Waals surface area (Å²) in [6, 6.07) is 5.51. The van der Waals surface area contributed by atoms with Gasteiger partial charge in [0.05, 0.1) is 17.1 Å². The zero-order valence-electron chi connectivity index (χ0n) is 12.5. The maximum absolute atomic E-state index is 11.0. The van der Waals surface area contributed by atoms with Gasteiger partial charge in [-0.1, -0.05) is 6.07 Å². The van der Waals surface area contributed by atoms with Crippen molar-refractivity contribution in [1.82, 2.24) is 5.32 Å². The van der Waals surface area contributed by atoms with Crippen LogP contribution in [0.15, 0.2) is 18.2 Å². The second-order valence-electron chi connectivity index (χ2n) is 6.13. The lowest BCUT2D eigenvalue weighted by Gasteiger charge is -2.17. The topological polar surface area (TPSA) is 84.6 Å². The Kier molecular flexibility index (Phi) is 4.80. The summed E-state index contributed by atoms with van der Waals surface area (Å²) >= 11 is 0. The molecule has 0 saturated heterocycles. The van der Waals surface area contributed by atoms with Crippen LogP contribution in [0.25, 0.3) is 0 Å². The van der Waals surface area contributed by atoms with Gasteiger partial charge in [-0.05, 0) is 38.3 Å². The summed E-state index contributed by atoms with van der Waals surface area (Å²) in [4.78, 5) is 10.6. The molecule has 0 spiro atoms. The predicted octanol–water partition coefficient (Wildman–Crippen LogP) is 2.39. The van der Waals surface area contributed by atoms with Gasteiger partial charge in [0.2, 0.25) is 0 Å². The van der Waals surface area contributed by atoms with Crippen molar-refractivity contribution in [3.05, 3.63) is 33.9 Å². The number of nitro groups is 1. The van der Waals surface area contributed by atoms with Gasteiger partial charge in [0.15, 0.2) is 5.75 Å². The van der Waals surface area contributed by atoms with E-state index in [1.54, 1.807) is 26.0 Å². The molecule has 6 heteroatoms. The molecule has 0 amide bonds. The fourth-order valence-corrected chi connectivity index (χ4v) is 1.90. The largest absolute Gasteiger partial charge is 0.487 e. The normalized spacial score (nSPS) is 15.0. The minimum absolute atomic E-state index is 0.0408. The number of nitrogens with one attached hydrogen (secondary N) is 1. The second kappa shape index (κ2) is 6.41. The van der Waals surface area contributed by atoms with E-state index in [2.05, 4.69) is 5.32 Å². The first-order valence-electron chi connectivity index (χ1n) is 7.21. The number of ether oxygens (including phenoxy) is 1. The van der Waals surface area contributed by atoms with Crippen molar-refractivity contribution in [2.24, 2.45) is 0 Å². The number of hydrogen-bond donors (Lipinski definition) is 2. The average molecular weight is 294 g/mol. The quantitative estimate of drug-likeness (QED) is 0.568. The lowest BCUT2D eigenvalue weighted by molar-refractivity contribution is -0.385. The molecule has 2 rings (SSSR count). The first kappa shape index (κ1) is 15.7. The standard InChI is InChI=1S/C15H22N2O4/c1-15(2,18)7-8-21-14-9-11(10-16-12-4-5-12)3-6-13(14)17(19)20/h3,6,9,12,16,18H,4-5,7-8,10H2,1-2H3. The predicted molar refractivity (Wildman–Crippen MR) is 79.4 cm³/mol. The molecule has 1 aromatic carbocycles. The van der Waals surface area contributed by atoms with E-state index in [9.17, 15) is 15.2 Å². The van der Waals surface area contributed by atoms with E-state index in [4.69, 9.17) is 4.74 Å². The molecule has 0 aliphatic heterocycles. The third kappa shape index (κ3) is 5.32. The summed E-state index contributed by atoms with van der Waals surface area (Å²) in [7, 11) is 0. The molecule has 0 unspecified atom stereocenters. The molecule has 1 saturated carbocycles. The van der Waals surface area contributed by atoms with Crippen molar-refractivity contribution in [2.45, 2.75) is 51.3 Å². The van der Waals surface area contributed by atoms with E-state index in [1.165, 1.54) is 18.9 Å². The van der Waals surface area contributed by atoms with Gasteiger partial charge in [0.25, 0.3) is 0 Å². The van der Waals surface area contributed by atoms with Crippen molar-refractivity contribution in [2.75, 3.05) is 6.61 Å². The maximum Gasteiger partial charge on any atom is 0.310 e. The van der Waals surface area contributed by atoms with Crippen molar-refractivity contribution >= 4 is 5.69 Å². The second-order valence-corrected chi connectivity index (χ2v) is 6.13. The molecule has 1 aromatic rings. The Morgan fingerprint density at radius 1 is 1.48 bits per heavy atom. The Morgan fingerprint density at radius 2 is 2.19 bits per heavy atom. The third-order valence-electron chi connectivity index (χ3n) is 3.36. The van der Waals surface area contributed by atoms with Crippen molar-refractivity contribution in [3.63, 3.8) is 0 Å². The Balaban J connectivity index is 2.02. The van der Waals surface area contributed by atoms with E-state index in [0.29, 0.717) is 19.0 Å². The fourth-order valence-electron chi connectivity index (χ4n) is 1.90. The molecule has 21 heavy (non-hydrogen) atoms. The number of hydrogen-bond acceptors (Lipinski definition) is 5. The highest BCUT2D eigenvalue weighted by atomic mass is 16.6. The summed E-state index contributed by atoms with van der Waals surface area (Å²) in [5, 5.41) is 24.1. The Bertz CT molecular complexity index is 507. The summed E-state index contributed by atoms with van der Waals surface area (Å²) in [6.45, 7) is 4.29. The maximum atomic E-state index is 11.0. The number of rotatable bonds is 8. The lowest BCUT2D eigenvalue weighted by atomic mass is 10.1. The first-order valence-corrected chi connectivity index (χ1v) is 7.21. The smallest absolute Gasteiger partial charge is 0.310 e. The highest BCUT2D eigenvalue weighted by molar-refractivity contribution is 5.48. The van der Waals surface area contributed by atoms with Crippen LogP contribution >= 0.6 is 0 Å². The molecular weight excluding hydrogens is 272 g/mol. The molecule has 0 heterocycles. The van der Waals surface area contributed by atoms with E-state index in [1.807, 2.05) is 0 Å². The van der Waals surface area contributed by atoms with Crippen LogP contribution in [0.1, 0.15) is 38.7 Å². The number of nitrogens with zero attached hydrogens (tertiary/aromatic N) is 1. The Hall–Kier alpha value is -1.66. The summed E-state index contributed by atoms with van der Waals surface area (Å²) in [5.41, 5.74) is 0.0755. The summed E-state index contributed by atoms with van der Waals surface area (Å²) in [5.74, 6) is 0.263. The SMILES string of the molecule is CC(C)(O)CCOc1cc(CNC2CC2)ccc1[N+](=O)[O-]. The molecule has 1 aliphatic rings.